The summed E-state index contributed by atoms with van der Waals surface area (Å²) in [7, 11) is 2.09. The first kappa shape index (κ1) is 20.9. The molecule has 2 N–H and O–H groups in total. The van der Waals surface area contributed by atoms with Crippen molar-refractivity contribution in [2.45, 2.75) is 25.8 Å². The molecule has 1 aromatic carbocycles. The standard InChI is InChI=1S/C20H25FN8O2/c1-13(15-11-14(21)3-4-16(15)29-9-7-28(2)8-10-29)24-17(30)5-6-18-25-20(27-31-18)19-22-12-23-26-19/h3-4,11-13H,5-10H2,1-2H3,(H,24,30)(H,22,23,26). The van der Waals surface area contributed by atoms with Crippen molar-refractivity contribution < 1.29 is 13.7 Å². The number of aromatic nitrogens is 5. The number of amides is 1. The maximum Gasteiger partial charge on any atom is 0.239 e. The van der Waals surface area contributed by atoms with Crippen LogP contribution in [-0.4, -0.2) is 69.4 Å². The van der Waals surface area contributed by atoms with Gasteiger partial charge in [-0.15, -0.1) is 0 Å². The van der Waals surface area contributed by atoms with Crippen molar-refractivity contribution in [1.29, 1.82) is 0 Å². The fourth-order valence-corrected chi connectivity index (χ4v) is 3.59. The number of benzene rings is 1. The number of H-pyrrole nitrogens is 1. The molecule has 11 heteroatoms. The van der Waals surface area contributed by atoms with Gasteiger partial charge in [0, 0.05) is 50.3 Å². The van der Waals surface area contributed by atoms with Crippen molar-refractivity contribution in [1.82, 2.24) is 35.5 Å². The van der Waals surface area contributed by atoms with Gasteiger partial charge in [0.2, 0.25) is 17.6 Å². The molecule has 1 unspecified atom stereocenters. The summed E-state index contributed by atoms with van der Waals surface area (Å²) in [6.45, 7) is 5.47. The Morgan fingerprint density at radius 1 is 1.32 bits per heavy atom. The molecular weight excluding hydrogens is 403 g/mol. The van der Waals surface area contributed by atoms with E-state index in [-0.39, 0.29) is 36.4 Å². The summed E-state index contributed by atoms with van der Waals surface area (Å²) >= 11 is 0. The van der Waals surface area contributed by atoms with Gasteiger partial charge in [-0.3, -0.25) is 9.89 Å². The van der Waals surface area contributed by atoms with Crippen molar-refractivity contribution in [2.24, 2.45) is 0 Å². The third-order valence-electron chi connectivity index (χ3n) is 5.34. The molecule has 1 aliphatic rings. The number of hydrogen-bond donors (Lipinski definition) is 2. The van der Waals surface area contributed by atoms with E-state index in [2.05, 4.69) is 47.5 Å². The van der Waals surface area contributed by atoms with Gasteiger partial charge in [0.15, 0.2) is 5.82 Å². The average Bonchev–Trinajstić information content (AvgIpc) is 3.45. The van der Waals surface area contributed by atoms with Gasteiger partial charge in [-0.2, -0.15) is 10.1 Å². The molecule has 10 nitrogen and oxygen atoms in total. The molecule has 0 spiro atoms. The highest BCUT2D eigenvalue weighted by Crippen LogP contribution is 2.28. The Hall–Kier alpha value is -3.34. The first-order chi connectivity index (χ1) is 15.0. The topological polar surface area (TPSA) is 116 Å². The SMILES string of the molecule is CC(NC(=O)CCc1nc(-c2ncn[nH]2)no1)c1cc(F)ccc1N1CCN(C)CC1. The average molecular weight is 428 g/mol. The van der Waals surface area contributed by atoms with Gasteiger partial charge in [-0.25, -0.2) is 9.37 Å². The predicted octanol–water partition coefficient (Wildman–Crippen LogP) is 1.56. The van der Waals surface area contributed by atoms with Crippen LogP contribution in [0.2, 0.25) is 0 Å². The molecule has 164 valence electrons. The molecule has 4 rings (SSSR count). The second-order valence-electron chi connectivity index (χ2n) is 7.63. The zero-order valence-corrected chi connectivity index (χ0v) is 17.5. The van der Waals surface area contributed by atoms with Crippen molar-refractivity contribution in [3.63, 3.8) is 0 Å². The Kier molecular flexibility index (Phi) is 6.21. The van der Waals surface area contributed by atoms with Gasteiger partial charge in [0.25, 0.3) is 0 Å². The van der Waals surface area contributed by atoms with E-state index in [9.17, 15) is 9.18 Å². The zero-order chi connectivity index (χ0) is 21.8. The number of rotatable bonds is 7. The number of aryl methyl sites for hydroxylation is 1. The molecule has 0 bridgehead atoms. The van der Waals surface area contributed by atoms with Crippen LogP contribution < -0.4 is 10.2 Å². The van der Waals surface area contributed by atoms with Crippen molar-refractivity contribution >= 4 is 11.6 Å². The van der Waals surface area contributed by atoms with Gasteiger partial charge in [0.05, 0.1) is 6.04 Å². The van der Waals surface area contributed by atoms with Crippen LogP contribution in [0.3, 0.4) is 0 Å². The summed E-state index contributed by atoms with van der Waals surface area (Å²) in [6.07, 6.45) is 1.80. The minimum atomic E-state index is -0.342. The lowest BCUT2D eigenvalue weighted by Crippen LogP contribution is -2.45. The first-order valence-corrected chi connectivity index (χ1v) is 10.2. The summed E-state index contributed by atoms with van der Waals surface area (Å²) < 4.78 is 19.1. The van der Waals surface area contributed by atoms with Crippen molar-refractivity contribution in [3.05, 3.63) is 41.8 Å². The Balaban J connectivity index is 1.37. The molecule has 1 saturated heterocycles. The lowest BCUT2D eigenvalue weighted by molar-refractivity contribution is -0.121. The summed E-state index contributed by atoms with van der Waals surface area (Å²) in [5.41, 5.74) is 1.72. The molecule has 0 radical (unpaired) electrons. The van der Waals surface area contributed by atoms with E-state index in [0.717, 1.165) is 37.4 Å². The Morgan fingerprint density at radius 3 is 2.87 bits per heavy atom. The van der Waals surface area contributed by atoms with E-state index in [4.69, 9.17) is 4.52 Å². The molecule has 1 fully saturated rings. The third kappa shape index (κ3) is 5.05. The maximum atomic E-state index is 14.0. The van der Waals surface area contributed by atoms with Crippen molar-refractivity contribution in [3.8, 4) is 11.6 Å². The van der Waals surface area contributed by atoms with E-state index in [1.54, 1.807) is 6.07 Å². The van der Waals surface area contributed by atoms with Crippen LogP contribution in [0.1, 0.15) is 30.8 Å². The van der Waals surface area contributed by atoms with Crippen molar-refractivity contribution in [2.75, 3.05) is 38.1 Å². The highest BCUT2D eigenvalue weighted by atomic mass is 19.1. The van der Waals surface area contributed by atoms with Crippen LogP contribution >= 0.6 is 0 Å². The number of halogens is 1. The van der Waals surface area contributed by atoms with Crippen LogP contribution in [0, 0.1) is 5.82 Å². The van der Waals surface area contributed by atoms with Gasteiger partial charge in [-0.05, 0) is 32.2 Å². The van der Waals surface area contributed by atoms with Crippen LogP contribution in [0.4, 0.5) is 10.1 Å². The normalized spacial score (nSPS) is 15.8. The highest BCUT2D eigenvalue weighted by molar-refractivity contribution is 5.77. The van der Waals surface area contributed by atoms with Crippen LogP contribution in [-0.2, 0) is 11.2 Å². The molecule has 31 heavy (non-hydrogen) atoms. The van der Waals surface area contributed by atoms with Crippen LogP contribution in [0.25, 0.3) is 11.6 Å². The number of nitrogens with zero attached hydrogens (tertiary/aromatic N) is 6. The number of piperazine rings is 1. The molecule has 2 aromatic heterocycles. The lowest BCUT2D eigenvalue weighted by Gasteiger charge is -2.36. The minimum absolute atomic E-state index is 0.168. The molecule has 1 amide bonds. The lowest BCUT2D eigenvalue weighted by atomic mass is 10.0. The number of aromatic amines is 1. The number of anilines is 1. The van der Waals surface area contributed by atoms with Gasteiger partial charge in [0.1, 0.15) is 12.1 Å². The summed E-state index contributed by atoms with van der Waals surface area (Å²) in [6, 6.07) is 4.42. The monoisotopic (exact) mass is 428 g/mol. The maximum absolute atomic E-state index is 14.0. The largest absolute Gasteiger partial charge is 0.369 e. The van der Waals surface area contributed by atoms with E-state index < -0.39 is 0 Å². The summed E-state index contributed by atoms with van der Waals surface area (Å²) in [5, 5.41) is 13.2. The Labute approximate surface area is 178 Å². The Morgan fingerprint density at radius 2 is 2.13 bits per heavy atom. The summed E-state index contributed by atoms with van der Waals surface area (Å²) in [4.78, 5) is 25.2. The molecular formula is C20H25FN8O2. The zero-order valence-electron chi connectivity index (χ0n) is 17.5. The van der Waals surface area contributed by atoms with E-state index >= 15 is 0 Å². The predicted molar refractivity (Wildman–Crippen MR) is 111 cm³/mol. The fraction of sp³-hybridized carbons (Fsp3) is 0.450. The number of carbonyl (C=O) groups excluding carboxylic acids is 1. The first-order valence-electron chi connectivity index (χ1n) is 10.2. The molecule has 0 saturated carbocycles. The second-order valence-corrected chi connectivity index (χ2v) is 7.63. The molecule has 1 atom stereocenters. The minimum Gasteiger partial charge on any atom is -0.369 e. The third-order valence-corrected chi connectivity index (χ3v) is 5.34. The molecule has 3 heterocycles. The Bertz CT molecular complexity index is 1010. The number of nitrogens with one attached hydrogen (secondary N) is 2. The van der Waals surface area contributed by atoms with E-state index in [0.29, 0.717) is 11.7 Å². The quantitative estimate of drug-likeness (QED) is 0.582. The number of carbonyl (C=O) groups is 1. The fourth-order valence-electron chi connectivity index (χ4n) is 3.59. The highest BCUT2D eigenvalue weighted by Gasteiger charge is 2.21. The molecule has 1 aliphatic heterocycles. The molecule has 3 aromatic rings. The van der Waals surface area contributed by atoms with E-state index in [1.807, 2.05) is 6.92 Å². The van der Waals surface area contributed by atoms with Gasteiger partial charge >= 0.3 is 0 Å². The number of hydrogen-bond acceptors (Lipinski definition) is 8. The van der Waals surface area contributed by atoms with Gasteiger partial charge in [-0.1, -0.05) is 5.16 Å². The second kappa shape index (κ2) is 9.21. The smallest absolute Gasteiger partial charge is 0.239 e. The van der Waals surface area contributed by atoms with Gasteiger partial charge < -0.3 is 19.6 Å². The summed E-state index contributed by atoms with van der Waals surface area (Å²) in [5.74, 6) is 0.520. The number of likely N-dealkylation sites (N-methyl/N-ethyl adjacent to an activating group) is 1. The van der Waals surface area contributed by atoms with Crippen LogP contribution in [0.5, 0.6) is 0 Å². The van der Waals surface area contributed by atoms with Crippen LogP contribution in [0.15, 0.2) is 29.0 Å². The molecule has 0 aliphatic carbocycles. The van der Waals surface area contributed by atoms with E-state index in [1.165, 1.54) is 18.5 Å².